The van der Waals surface area contributed by atoms with Gasteiger partial charge in [-0.1, -0.05) is 140 Å². The lowest BCUT2D eigenvalue weighted by Crippen LogP contribution is -2.41. The maximum Gasteiger partial charge on any atom is 0.0544 e. The van der Waals surface area contributed by atoms with Gasteiger partial charge < -0.3 is 9.55 Å². The molecule has 2 heterocycles. The smallest absolute Gasteiger partial charge is 0.0544 e. The molecule has 0 saturated carbocycles. The Kier molecular flexibility index (Phi) is 6.55. The first-order valence-electron chi connectivity index (χ1n) is 18.9. The lowest BCUT2D eigenvalue weighted by Gasteiger charge is -2.47. The van der Waals surface area contributed by atoms with Gasteiger partial charge in [0.15, 0.2) is 0 Å². The average molecular weight is 691 g/mol. The first kappa shape index (κ1) is 30.9. The summed E-state index contributed by atoms with van der Waals surface area (Å²) in [5, 5.41) is 5.05. The molecule has 0 radical (unpaired) electrons. The fourth-order valence-electron chi connectivity index (χ4n) is 9.73. The highest BCUT2D eigenvalue weighted by Crippen LogP contribution is 2.57. The maximum absolute atomic E-state index is 3.79. The number of fused-ring (bicyclic) bond motifs is 8. The van der Waals surface area contributed by atoms with Crippen LogP contribution in [-0.2, 0) is 10.8 Å². The van der Waals surface area contributed by atoms with Crippen molar-refractivity contribution in [1.29, 1.82) is 0 Å². The molecule has 256 valence electrons. The van der Waals surface area contributed by atoms with Crippen LogP contribution in [0.25, 0.3) is 60.4 Å². The molecule has 0 spiro atoms. The van der Waals surface area contributed by atoms with Crippen LogP contribution in [0.15, 0.2) is 188 Å². The second-order valence-corrected chi connectivity index (χ2v) is 15.3. The van der Waals surface area contributed by atoms with Crippen LogP contribution < -0.4 is 0 Å². The number of benzene rings is 8. The lowest BCUT2D eigenvalue weighted by molar-refractivity contribution is 0.570. The molecular formula is C52H38N2. The molecule has 1 aliphatic rings. The van der Waals surface area contributed by atoms with Crippen molar-refractivity contribution in [2.45, 2.75) is 24.7 Å². The summed E-state index contributed by atoms with van der Waals surface area (Å²) in [7, 11) is 0. The Labute approximate surface area is 315 Å². The van der Waals surface area contributed by atoms with Crippen LogP contribution in [0.3, 0.4) is 0 Å². The Morgan fingerprint density at radius 1 is 0.370 bits per heavy atom. The van der Waals surface area contributed by atoms with E-state index in [2.05, 4.69) is 211 Å². The molecule has 8 aromatic carbocycles. The van der Waals surface area contributed by atoms with Gasteiger partial charge in [-0.15, -0.1) is 0 Å². The molecule has 0 saturated heterocycles. The number of nitrogens with one attached hydrogen (secondary N) is 1. The normalized spacial score (nSPS) is 18.0. The summed E-state index contributed by atoms with van der Waals surface area (Å²) in [6, 6.07) is 69.7. The van der Waals surface area contributed by atoms with Gasteiger partial charge in [0, 0.05) is 49.1 Å². The fraction of sp³-hybridized carbons (Fsp3) is 0.0769. The molecule has 2 heteroatoms. The minimum absolute atomic E-state index is 0.430. The minimum Gasteiger partial charge on any atom is -0.355 e. The van der Waals surface area contributed by atoms with Gasteiger partial charge in [-0.2, -0.15) is 0 Å². The summed E-state index contributed by atoms with van der Waals surface area (Å²) in [5.41, 5.74) is 15.4. The quantitative estimate of drug-likeness (QED) is 0.190. The number of rotatable bonds is 4. The third-order valence-corrected chi connectivity index (χ3v) is 12.5. The molecule has 1 N–H and O–H groups in total. The Hall–Kier alpha value is -6.64. The van der Waals surface area contributed by atoms with Crippen molar-refractivity contribution in [2.24, 2.45) is 0 Å². The van der Waals surface area contributed by atoms with E-state index in [1.165, 1.54) is 88.1 Å². The van der Waals surface area contributed by atoms with Gasteiger partial charge in [0.25, 0.3) is 0 Å². The highest BCUT2D eigenvalue weighted by atomic mass is 15.0. The molecule has 0 bridgehead atoms. The van der Waals surface area contributed by atoms with E-state index in [0.717, 1.165) is 5.69 Å². The van der Waals surface area contributed by atoms with Gasteiger partial charge in [0.05, 0.1) is 11.0 Å². The molecule has 1 aliphatic carbocycles. The highest BCUT2D eigenvalue weighted by molar-refractivity contribution is 6.11. The highest BCUT2D eigenvalue weighted by Gasteiger charge is 2.48. The summed E-state index contributed by atoms with van der Waals surface area (Å²) >= 11 is 0. The third-order valence-electron chi connectivity index (χ3n) is 12.5. The molecule has 2 aromatic heterocycles. The molecule has 0 aliphatic heterocycles. The number of hydrogen-bond acceptors (Lipinski definition) is 0. The number of hydrogen-bond donors (Lipinski definition) is 1. The van der Waals surface area contributed by atoms with E-state index in [4.69, 9.17) is 0 Å². The van der Waals surface area contributed by atoms with E-state index in [1.807, 2.05) is 0 Å². The third kappa shape index (κ3) is 4.22. The van der Waals surface area contributed by atoms with Gasteiger partial charge >= 0.3 is 0 Å². The van der Waals surface area contributed by atoms with Crippen molar-refractivity contribution in [1.82, 2.24) is 9.55 Å². The van der Waals surface area contributed by atoms with Crippen LogP contribution in [0.1, 0.15) is 47.2 Å². The number of para-hydroxylation sites is 2. The Bertz CT molecular complexity index is 3040. The van der Waals surface area contributed by atoms with Crippen LogP contribution >= 0.6 is 0 Å². The van der Waals surface area contributed by atoms with Crippen molar-refractivity contribution < 1.29 is 0 Å². The van der Waals surface area contributed by atoms with E-state index in [-0.39, 0.29) is 0 Å². The first-order chi connectivity index (χ1) is 26.5. The maximum atomic E-state index is 3.79. The fourth-order valence-corrected chi connectivity index (χ4v) is 9.73. The van der Waals surface area contributed by atoms with Crippen LogP contribution in [0.5, 0.6) is 0 Å². The topological polar surface area (TPSA) is 20.7 Å². The van der Waals surface area contributed by atoms with Crippen molar-refractivity contribution in [2.75, 3.05) is 0 Å². The molecule has 2 nitrogen and oxygen atoms in total. The van der Waals surface area contributed by atoms with Gasteiger partial charge in [0.2, 0.25) is 0 Å². The van der Waals surface area contributed by atoms with Gasteiger partial charge in [-0.05, 0) is 107 Å². The predicted octanol–water partition coefficient (Wildman–Crippen LogP) is 13.1. The molecule has 10 aromatic rings. The summed E-state index contributed by atoms with van der Waals surface area (Å²) in [6.07, 6.45) is 0. The van der Waals surface area contributed by atoms with Gasteiger partial charge in [-0.3, -0.25) is 0 Å². The SMILES string of the molecule is CC1(c2ccccc2)c2cc3[nH]c4ccccc4c3cc2C(C)(c2ccccc2)c2cc3c(cc21)c1ccccc1n3-c1ccc(-c2ccccc2)cc1. The minimum atomic E-state index is -0.445. The zero-order chi connectivity index (χ0) is 36.0. The van der Waals surface area contributed by atoms with E-state index in [9.17, 15) is 0 Å². The Morgan fingerprint density at radius 3 is 1.54 bits per heavy atom. The number of nitrogens with zero attached hydrogens (tertiary/aromatic N) is 1. The van der Waals surface area contributed by atoms with Crippen molar-refractivity contribution >= 4 is 43.6 Å². The van der Waals surface area contributed by atoms with Crippen molar-refractivity contribution in [3.8, 4) is 16.8 Å². The molecule has 54 heavy (non-hydrogen) atoms. The van der Waals surface area contributed by atoms with Crippen molar-refractivity contribution in [3.63, 3.8) is 0 Å². The zero-order valence-electron chi connectivity index (χ0n) is 30.3. The monoisotopic (exact) mass is 690 g/mol. The number of aromatic nitrogens is 2. The van der Waals surface area contributed by atoms with Crippen LogP contribution in [0, 0.1) is 0 Å². The summed E-state index contributed by atoms with van der Waals surface area (Å²) in [5.74, 6) is 0. The lowest BCUT2D eigenvalue weighted by atomic mass is 9.54. The molecule has 2 unspecified atom stereocenters. The van der Waals surface area contributed by atoms with Crippen LogP contribution in [0.4, 0.5) is 0 Å². The van der Waals surface area contributed by atoms with Crippen LogP contribution in [-0.4, -0.2) is 9.55 Å². The molecule has 0 amide bonds. The van der Waals surface area contributed by atoms with E-state index in [1.54, 1.807) is 0 Å². The van der Waals surface area contributed by atoms with E-state index in [0.29, 0.717) is 0 Å². The van der Waals surface area contributed by atoms with Gasteiger partial charge in [-0.25, -0.2) is 0 Å². The van der Waals surface area contributed by atoms with Gasteiger partial charge in [0.1, 0.15) is 0 Å². The number of aromatic amines is 1. The van der Waals surface area contributed by atoms with Crippen molar-refractivity contribution in [3.05, 3.63) is 221 Å². The first-order valence-corrected chi connectivity index (χ1v) is 18.9. The standard InChI is InChI=1S/C52H38N2/c1-51(36-18-8-4-9-19-36)44-31-42-40-23-13-15-25-49(40)54(38-28-26-35(27-29-38)34-16-6-3-7-17-34)50(42)33-46(44)52(2,37-20-10-5-11-21-37)43-30-41-39-22-12-14-24-47(39)53-48(41)32-45(43)51/h3-33,53H,1-2H3. The zero-order valence-corrected chi connectivity index (χ0v) is 30.3. The summed E-state index contributed by atoms with van der Waals surface area (Å²) < 4.78 is 2.48. The Morgan fingerprint density at radius 2 is 0.870 bits per heavy atom. The molecule has 0 fully saturated rings. The summed E-state index contributed by atoms with van der Waals surface area (Å²) in [6.45, 7) is 4.91. The largest absolute Gasteiger partial charge is 0.355 e. The van der Waals surface area contributed by atoms with E-state index < -0.39 is 10.8 Å². The summed E-state index contributed by atoms with van der Waals surface area (Å²) in [4.78, 5) is 3.79. The molecule has 2 atom stereocenters. The second kappa shape index (κ2) is 11.4. The van der Waals surface area contributed by atoms with E-state index >= 15 is 0 Å². The molecule has 11 rings (SSSR count). The predicted molar refractivity (Wildman–Crippen MR) is 226 cm³/mol. The number of H-pyrrole nitrogens is 1. The van der Waals surface area contributed by atoms with Crippen LogP contribution in [0.2, 0.25) is 0 Å². The Balaban J connectivity index is 1.27. The molecular weight excluding hydrogens is 653 g/mol. The average Bonchev–Trinajstić information content (AvgIpc) is 3.77. The second-order valence-electron chi connectivity index (χ2n) is 15.3.